The van der Waals surface area contributed by atoms with Crippen molar-refractivity contribution in [1.82, 2.24) is 4.98 Å². The molecular weight excluding hydrogens is 240 g/mol. The quantitative estimate of drug-likeness (QED) is 0.891. The lowest BCUT2D eigenvalue weighted by Crippen LogP contribution is -2.13. The van der Waals surface area contributed by atoms with Gasteiger partial charge >= 0.3 is 0 Å². The lowest BCUT2D eigenvalue weighted by molar-refractivity contribution is -0.117. The van der Waals surface area contributed by atoms with E-state index in [1.165, 1.54) is 0 Å². The Morgan fingerprint density at radius 1 is 1.26 bits per heavy atom. The number of nitrogens with two attached hydrogens (primary N) is 1. The van der Waals surface area contributed by atoms with Crippen LogP contribution in [0.25, 0.3) is 0 Å². The second kappa shape index (κ2) is 4.72. The van der Waals surface area contributed by atoms with Crippen LogP contribution in [-0.4, -0.2) is 10.9 Å². The summed E-state index contributed by atoms with van der Waals surface area (Å²) in [6.45, 7) is 0. The third kappa shape index (κ3) is 2.42. The summed E-state index contributed by atoms with van der Waals surface area (Å²) in [7, 11) is 0. The number of aromatic nitrogens is 1. The number of aryl methyl sites for hydroxylation is 2. The molecule has 0 saturated carbocycles. The van der Waals surface area contributed by atoms with Crippen molar-refractivity contribution in [1.29, 1.82) is 0 Å². The number of hydrogen-bond acceptors (Lipinski definition) is 3. The van der Waals surface area contributed by atoms with E-state index in [0.717, 1.165) is 35.3 Å². The Morgan fingerprint density at radius 2 is 2.11 bits per heavy atom. The lowest BCUT2D eigenvalue weighted by Gasteiger charge is -2.08. The molecule has 19 heavy (non-hydrogen) atoms. The Hall–Kier alpha value is -2.36. The number of amides is 1. The predicted octanol–water partition coefficient (Wildman–Crippen LogP) is 2.00. The number of fused-ring (bicyclic) bond motifs is 2. The summed E-state index contributed by atoms with van der Waals surface area (Å²) < 4.78 is 5.84. The van der Waals surface area contributed by atoms with Gasteiger partial charge in [-0.1, -0.05) is 18.2 Å². The molecule has 0 atom stereocenters. The highest BCUT2D eigenvalue weighted by Gasteiger charge is 2.15. The topological polar surface area (TPSA) is 65.2 Å². The van der Waals surface area contributed by atoms with Gasteiger partial charge in [-0.15, -0.1) is 0 Å². The van der Waals surface area contributed by atoms with Crippen LogP contribution in [0.5, 0.6) is 11.6 Å². The van der Waals surface area contributed by atoms with E-state index < -0.39 is 0 Å². The van der Waals surface area contributed by atoms with E-state index >= 15 is 0 Å². The minimum Gasteiger partial charge on any atom is -0.438 e. The van der Waals surface area contributed by atoms with Gasteiger partial charge in [0, 0.05) is 11.8 Å². The number of carbonyl (C=O) groups is 1. The molecule has 3 rings (SSSR count). The van der Waals surface area contributed by atoms with Crippen molar-refractivity contribution in [2.75, 3.05) is 0 Å². The molecule has 1 amide bonds. The molecule has 0 radical (unpaired) electrons. The Kier molecular flexibility index (Phi) is 2.91. The van der Waals surface area contributed by atoms with E-state index in [1.54, 1.807) is 6.20 Å². The van der Waals surface area contributed by atoms with Crippen molar-refractivity contribution in [3.63, 3.8) is 0 Å². The van der Waals surface area contributed by atoms with Crippen LogP contribution in [0.1, 0.15) is 16.7 Å². The fraction of sp³-hybridized carbons (Fsp3) is 0.200. The summed E-state index contributed by atoms with van der Waals surface area (Å²) in [4.78, 5) is 15.2. The maximum absolute atomic E-state index is 11.0. The van der Waals surface area contributed by atoms with Gasteiger partial charge in [0.15, 0.2) is 0 Å². The first-order valence-electron chi connectivity index (χ1n) is 6.24. The van der Waals surface area contributed by atoms with E-state index in [1.807, 2.05) is 30.3 Å². The van der Waals surface area contributed by atoms with Gasteiger partial charge in [-0.2, -0.15) is 0 Å². The van der Waals surface area contributed by atoms with Crippen LogP contribution in [0.3, 0.4) is 0 Å². The van der Waals surface area contributed by atoms with Gasteiger partial charge in [0.2, 0.25) is 11.8 Å². The second-order valence-corrected chi connectivity index (χ2v) is 4.65. The number of pyridine rings is 1. The Balaban J connectivity index is 1.95. The van der Waals surface area contributed by atoms with Crippen molar-refractivity contribution in [3.05, 3.63) is 53.2 Å². The average molecular weight is 254 g/mol. The molecule has 0 bridgehead atoms. The highest BCUT2D eigenvalue weighted by Crippen LogP contribution is 2.32. The zero-order valence-corrected chi connectivity index (χ0v) is 10.4. The number of ether oxygens (including phenoxy) is 1. The molecule has 0 unspecified atom stereocenters. The number of benzene rings is 1. The highest BCUT2D eigenvalue weighted by molar-refractivity contribution is 5.76. The van der Waals surface area contributed by atoms with E-state index in [2.05, 4.69) is 4.98 Å². The van der Waals surface area contributed by atoms with E-state index in [9.17, 15) is 4.79 Å². The predicted molar refractivity (Wildman–Crippen MR) is 71.1 cm³/mol. The number of hydrogen-bond donors (Lipinski definition) is 1. The number of primary amides is 1. The third-order valence-electron chi connectivity index (χ3n) is 3.22. The molecule has 2 aromatic rings. The maximum Gasteiger partial charge on any atom is 0.222 e. The van der Waals surface area contributed by atoms with Crippen LogP contribution < -0.4 is 10.5 Å². The zero-order chi connectivity index (χ0) is 13.2. The molecule has 0 aliphatic carbocycles. The van der Waals surface area contributed by atoms with Crippen LogP contribution in [0.2, 0.25) is 0 Å². The molecule has 1 aromatic heterocycles. The van der Waals surface area contributed by atoms with Gasteiger partial charge < -0.3 is 10.5 Å². The van der Waals surface area contributed by atoms with Crippen molar-refractivity contribution in [2.24, 2.45) is 5.73 Å². The van der Waals surface area contributed by atoms with Crippen LogP contribution in [-0.2, 0) is 24.1 Å². The highest BCUT2D eigenvalue weighted by atomic mass is 16.5. The third-order valence-corrected chi connectivity index (χ3v) is 3.22. The van der Waals surface area contributed by atoms with E-state index in [-0.39, 0.29) is 12.3 Å². The van der Waals surface area contributed by atoms with Crippen molar-refractivity contribution >= 4 is 5.91 Å². The minimum absolute atomic E-state index is 0.262. The Morgan fingerprint density at radius 3 is 2.95 bits per heavy atom. The van der Waals surface area contributed by atoms with Crippen molar-refractivity contribution in [3.8, 4) is 11.6 Å². The number of rotatable bonds is 2. The van der Waals surface area contributed by atoms with Crippen LogP contribution in [0.4, 0.5) is 0 Å². The molecule has 4 nitrogen and oxygen atoms in total. The second-order valence-electron chi connectivity index (χ2n) is 4.65. The molecule has 4 heteroatoms. The molecule has 1 aliphatic rings. The zero-order valence-electron chi connectivity index (χ0n) is 10.4. The summed E-state index contributed by atoms with van der Waals surface area (Å²) in [5.41, 5.74) is 8.35. The summed E-state index contributed by atoms with van der Waals surface area (Å²) >= 11 is 0. The molecule has 2 N–H and O–H groups in total. The monoisotopic (exact) mass is 254 g/mol. The van der Waals surface area contributed by atoms with E-state index in [0.29, 0.717) is 5.88 Å². The number of carbonyl (C=O) groups excluding carboxylic acids is 1. The maximum atomic E-state index is 11.0. The largest absolute Gasteiger partial charge is 0.438 e. The first-order valence-corrected chi connectivity index (χ1v) is 6.24. The van der Waals surface area contributed by atoms with Gasteiger partial charge in [0.25, 0.3) is 0 Å². The summed E-state index contributed by atoms with van der Waals surface area (Å²) in [6.07, 6.45) is 3.75. The molecule has 1 aromatic carbocycles. The van der Waals surface area contributed by atoms with Gasteiger partial charge in [-0.3, -0.25) is 4.79 Å². The minimum atomic E-state index is -0.320. The van der Waals surface area contributed by atoms with Crippen molar-refractivity contribution in [2.45, 2.75) is 19.3 Å². The van der Waals surface area contributed by atoms with Crippen LogP contribution >= 0.6 is 0 Å². The lowest BCUT2D eigenvalue weighted by atomic mass is 10.0. The summed E-state index contributed by atoms with van der Waals surface area (Å²) in [6, 6.07) is 9.69. The summed E-state index contributed by atoms with van der Waals surface area (Å²) in [5.74, 6) is 1.16. The molecule has 0 fully saturated rings. The first-order chi connectivity index (χ1) is 9.22. The smallest absolute Gasteiger partial charge is 0.222 e. The molecule has 0 saturated heterocycles. The van der Waals surface area contributed by atoms with Crippen LogP contribution in [0, 0.1) is 0 Å². The van der Waals surface area contributed by atoms with Crippen molar-refractivity contribution < 1.29 is 9.53 Å². The number of nitrogens with zero attached hydrogens (tertiary/aromatic N) is 1. The van der Waals surface area contributed by atoms with Gasteiger partial charge in [-0.05, 0) is 36.1 Å². The normalized spacial score (nSPS) is 12.8. The molecular formula is C15H14N2O2. The first kappa shape index (κ1) is 11.7. The Labute approximate surface area is 111 Å². The Bertz CT molecular complexity index is 638. The summed E-state index contributed by atoms with van der Waals surface area (Å²) in [5, 5.41) is 0. The molecule has 96 valence electrons. The molecule has 1 aliphatic heterocycles. The SMILES string of the molecule is NC(=O)Cc1ccc2c(c1)CCc1cccnc1O2. The standard InChI is InChI=1S/C15H14N2O2/c16-14(18)9-10-3-6-13-12(8-10)5-4-11-2-1-7-17-15(11)19-13/h1-3,6-8H,4-5,9H2,(H2,16,18). The van der Waals surface area contributed by atoms with Crippen LogP contribution in [0.15, 0.2) is 36.5 Å². The fourth-order valence-corrected chi connectivity index (χ4v) is 2.32. The van der Waals surface area contributed by atoms with Gasteiger partial charge in [-0.25, -0.2) is 4.98 Å². The molecule has 2 heterocycles. The van der Waals surface area contributed by atoms with Gasteiger partial charge in [0.1, 0.15) is 5.75 Å². The van der Waals surface area contributed by atoms with Gasteiger partial charge in [0.05, 0.1) is 6.42 Å². The average Bonchev–Trinajstić information content (AvgIpc) is 2.57. The van der Waals surface area contributed by atoms with E-state index in [4.69, 9.17) is 10.5 Å². The fourth-order valence-electron chi connectivity index (χ4n) is 2.32. The molecule has 0 spiro atoms.